The molecule has 2 aromatic rings. The van der Waals surface area contributed by atoms with E-state index in [1.165, 1.54) is 11.2 Å². The van der Waals surface area contributed by atoms with Crippen LogP contribution in [-0.2, 0) is 21.2 Å². The van der Waals surface area contributed by atoms with Gasteiger partial charge in [-0.1, -0.05) is 11.2 Å². The van der Waals surface area contributed by atoms with Crippen molar-refractivity contribution >= 4 is 38.7 Å². The number of hydrogen-bond acceptors (Lipinski definition) is 6. The second kappa shape index (κ2) is 7.05. The van der Waals surface area contributed by atoms with E-state index in [0.29, 0.717) is 17.3 Å². The van der Waals surface area contributed by atoms with Crippen molar-refractivity contribution in [2.45, 2.75) is 50.6 Å². The Morgan fingerprint density at radius 3 is 2.60 bits per heavy atom. The fourth-order valence-corrected chi connectivity index (χ4v) is 6.82. The molecule has 3 fully saturated rings. The molecule has 2 atom stereocenters. The van der Waals surface area contributed by atoms with Crippen molar-refractivity contribution in [2.75, 3.05) is 17.7 Å². The zero-order valence-electron chi connectivity index (χ0n) is 16.7. The van der Waals surface area contributed by atoms with E-state index < -0.39 is 16.1 Å². The molecule has 3 aliphatic rings. The van der Waals surface area contributed by atoms with Crippen molar-refractivity contribution in [1.29, 1.82) is 0 Å². The third-order valence-corrected chi connectivity index (χ3v) is 7.86. The van der Waals surface area contributed by atoms with Crippen LogP contribution in [0.4, 0.5) is 10.6 Å². The maximum Gasteiger partial charge on any atom is 0.329 e. The lowest BCUT2D eigenvalue weighted by molar-refractivity contribution is -0.120. The number of benzene rings is 1. The quantitative estimate of drug-likeness (QED) is 0.791. The molecule has 5 rings (SSSR count). The van der Waals surface area contributed by atoms with Gasteiger partial charge in [-0.25, -0.2) is 13.2 Å². The van der Waals surface area contributed by atoms with Crippen LogP contribution in [0.5, 0.6) is 0 Å². The van der Waals surface area contributed by atoms with Gasteiger partial charge in [-0.05, 0) is 55.7 Å². The number of nitrogens with zero attached hydrogens (tertiary/aromatic N) is 3. The third kappa shape index (κ3) is 3.37. The highest BCUT2D eigenvalue weighted by Gasteiger charge is 2.45. The van der Waals surface area contributed by atoms with Crippen molar-refractivity contribution in [2.24, 2.45) is 5.92 Å². The SMILES string of the molecule is CS(=O)(=O)N1C2CCC1CC(Cc1ccc3onc(N4CCC(=O)NC4=O)c3c1)C2. The van der Waals surface area contributed by atoms with Gasteiger partial charge in [0.2, 0.25) is 15.9 Å². The monoisotopic (exact) mass is 432 g/mol. The molecule has 0 saturated carbocycles. The van der Waals surface area contributed by atoms with E-state index in [9.17, 15) is 18.0 Å². The van der Waals surface area contributed by atoms with Crippen molar-refractivity contribution in [1.82, 2.24) is 14.8 Å². The lowest BCUT2D eigenvalue weighted by atomic mass is 9.87. The number of hydrogen-bond donors (Lipinski definition) is 1. The molecule has 9 nitrogen and oxygen atoms in total. The Labute approximate surface area is 174 Å². The molecule has 1 aromatic carbocycles. The van der Waals surface area contributed by atoms with Crippen molar-refractivity contribution < 1.29 is 22.5 Å². The molecule has 0 aliphatic carbocycles. The van der Waals surface area contributed by atoms with Crippen LogP contribution < -0.4 is 10.2 Å². The Morgan fingerprint density at radius 2 is 1.93 bits per heavy atom. The minimum absolute atomic E-state index is 0.105. The molecule has 3 saturated heterocycles. The second-order valence-corrected chi connectivity index (χ2v) is 10.5. The summed E-state index contributed by atoms with van der Waals surface area (Å²) in [6, 6.07) is 5.57. The highest BCUT2D eigenvalue weighted by molar-refractivity contribution is 7.88. The standard InChI is InChI=1S/C20H24N4O5S/c1-30(27,28)24-14-3-4-15(24)10-13(9-14)8-12-2-5-17-16(11-12)19(22-29-17)23-7-6-18(25)21-20(23)26/h2,5,11,13-15H,3-4,6-10H2,1H3,(H,21,25,26). The molecule has 4 heterocycles. The van der Waals surface area contributed by atoms with Gasteiger partial charge in [0, 0.05) is 25.0 Å². The molecule has 0 spiro atoms. The summed E-state index contributed by atoms with van der Waals surface area (Å²) in [4.78, 5) is 25.1. The molecule has 1 aromatic heterocycles. The van der Waals surface area contributed by atoms with E-state index >= 15 is 0 Å². The van der Waals surface area contributed by atoms with E-state index in [2.05, 4.69) is 10.5 Å². The van der Waals surface area contributed by atoms with Gasteiger partial charge in [0.15, 0.2) is 11.4 Å². The van der Waals surface area contributed by atoms with Crippen LogP contribution in [0, 0.1) is 5.92 Å². The van der Waals surface area contributed by atoms with E-state index in [0.717, 1.165) is 43.1 Å². The van der Waals surface area contributed by atoms with Gasteiger partial charge in [-0.2, -0.15) is 4.31 Å². The number of nitrogens with one attached hydrogen (secondary N) is 1. The molecule has 3 amide bonds. The fraction of sp³-hybridized carbons (Fsp3) is 0.550. The van der Waals surface area contributed by atoms with E-state index in [4.69, 9.17) is 4.52 Å². The Morgan fingerprint density at radius 1 is 1.20 bits per heavy atom. The highest BCUT2D eigenvalue weighted by Crippen LogP contribution is 2.41. The normalized spacial score (nSPS) is 27.6. The number of aromatic nitrogens is 1. The second-order valence-electron chi connectivity index (χ2n) is 8.61. The van der Waals surface area contributed by atoms with Gasteiger partial charge in [0.1, 0.15) is 0 Å². The summed E-state index contributed by atoms with van der Waals surface area (Å²) in [6.45, 7) is 0.268. The number of sulfonamides is 1. The molecule has 10 heteroatoms. The Balaban J connectivity index is 1.36. The van der Waals surface area contributed by atoms with E-state index in [-0.39, 0.29) is 31.0 Å². The number of urea groups is 1. The Bertz CT molecular complexity index is 1110. The molecule has 0 radical (unpaired) electrons. The van der Waals surface area contributed by atoms with Crippen molar-refractivity contribution in [3.05, 3.63) is 23.8 Å². The van der Waals surface area contributed by atoms with Gasteiger partial charge >= 0.3 is 6.03 Å². The van der Waals surface area contributed by atoms with Gasteiger partial charge in [0.05, 0.1) is 11.6 Å². The molecule has 30 heavy (non-hydrogen) atoms. The number of fused-ring (bicyclic) bond motifs is 3. The maximum absolute atomic E-state index is 12.2. The minimum atomic E-state index is -3.16. The van der Waals surface area contributed by atoms with Crippen LogP contribution >= 0.6 is 0 Å². The summed E-state index contributed by atoms with van der Waals surface area (Å²) in [6.07, 6.45) is 5.99. The molecule has 2 bridgehead atoms. The first kappa shape index (κ1) is 19.5. The van der Waals surface area contributed by atoms with E-state index in [1.54, 1.807) is 4.31 Å². The van der Waals surface area contributed by atoms with E-state index in [1.807, 2.05) is 18.2 Å². The largest absolute Gasteiger partial charge is 0.354 e. The minimum Gasteiger partial charge on any atom is -0.354 e. The summed E-state index contributed by atoms with van der Waals surface area (Å²) in [5.41, 5.74) is 1.70. The molecular formula is C20H24N4O5S. The number of carbonyl (C=O) groups excluding carboxylic acids is 2. The number of carbonyl (C=O) groups is 2. The van der Waals surface area contributed by atoms with Crippen LogP contribution in [0.2, 0.25) is 0 Å². The van der Waals surface area contributed by atoms with Crippen LogP contribution in [0.15, 0.2) is 22.7 Å². The first-order valence-corrected chi connectivity index (χ1v) is 12.1. The summed E-state index contributed by atoms with van der Waals surface area (Å²) >= 11 is 0. The predicted molar refractivity (Wildman–Crippen MR) is 109 cm³/mol. The Hall–Kier alpha value is -2.46. The summed E-state index contributed by atoms with van der Waals surface area (Å²) in [7, 11) is -3.16. The van der Waals surface area contributed by atoms with Crippen LogP contribution in [0.3, 0.4) is 0 Å². The first-order chi connectivity index (χ1) is 14.3. The number of anilines is 1. The lowest BCUT2D eigenvalue weighted by Crippen LogP contribution is -2.49. The van der Waals surface area contributed by atoms with Gasteiger partial charge in [-0.3, -0.25) is 15.0 Å². The lowest BCUT2D eigenvalue weighted by Gasteiger charge is -2.37. The summed E-state index contributed by atoms with van der Waals surface area (Å²) < 4.78 is 31.3. The highest BCUT2D eigenvalue weighted by atomic mass is 32.2. The summed E-state index contributed by atoms with van der Waals surface area (Å²) in [5, 5.41) is 7.11. The predicted octanol–water partition coefficient (Wildman–Crippen LogP) is 2.02. The smallest absolute Gasteiger partial charge is 0.329 e. The zero-order valence-corrected chi connectivity index (χ0v) is 17.5. The van der Waals surface area contributed by atoms with Crippen molar-refractivity contribution in [3.8, 4) is 0 Å². The molecule has 1 N–H and O–H groups in total. The average molecular weight is 433 g/mol. The molecule has 160 valence electrons. The fourth-order valence-electron chi connectivity index (χ4n) is 5.35. The van der Waals surface area contributed by atoms with Gasteiger partial charge in [0.25, 0.3) is 0 Å². The third-order valence-electron chi connectivity index (χ3n) is 6.50. The Kier molecular flexibility index (Phi) is 4.59. The van der Waals surface area contributed by atoms with Crippen LogP contribution in [-0.4, -0.2) is 54.7 Å². The van der Waals surface area contributed by atoms with Crippen LogP contribution in [0.25, 0.3) is 11.0 Å². The number of piperidine rings is 1. The molecular weight excluding hydrogens is 408 g/mol. The van der Waals surface area contributed by atoms with Crippen molar-refractivity contribution in [3.63, 3.8) is 0 Å². The maximum atomic E-state index is 12.2. The molecule has 2 unspecified atom stereocenters. The number of amides is 3. The first-order valence-electron chi connectivity index (χ1n) is 10.3. The number of rotatable bonds is 4. The zero-order chi connectivity index (χ0) is 21.0. The van der Waals surface area contributed by atoms with Gasteiger partial charge in [-0.15, -0.1) is 0 Å². The summed E-state index contributed by atoms with van der Waals surface area (Å²) in [5.74, 6) is 0.542. The topological polar surface area (TPSA) is 113 Å². The molecule has 3 aliphatic heterocycles. The van der Waals surface area contributed by atoms with Gasteiger partial charge < -0.3 is 4.52 Å². The number of imide groups is 1. The average Bonchev–Trinajstić information content (AvgIpc) is 3.20. The van der Waals surface area contributed by atoms with Crippen LogP contribution in [0.1, 0.15) is 37.7 Å².